The standard InChI is InChI=1S/C23H22N4OS/c1-16-8-7-13-21-24-17(14-22(28)26(16)21)15-29-23-25-19-11-5-6-12-20(19)27(23)18-9-3-2-4-10-18/h2-4,7-10,13-14H,5-6,11-12,15H2,1H3. The van der Waals surface area contributed by atoms with Gasteiger partial charge in [-0.05, 0) is 56.9 Å². The van der Waals surface area contributed by atoms with E-state index in [1.165, 1.54) is 24.2 Å². The van der Waals surface area contributed by atoms with Crippen LogP contribution < -0.4 is 5.56 Å². The van der Waals surface area contributed by atoms with Crippen molar-refractivity contribution in [3.05, 3.63) is 87.7 Å². The molecule has 6 heteroatoms. The number of pyridine rings is 1. The van der Waals surface area contributed by atoms with E-state index in [4.69, 9.17) is 9.97 Å². The topological polar surface area (TPSA) is 52.2 Å². The van der Waals surface area contributed by atoms with E-state index in [0.29, 0.717) is 11.4 Å². The summed E-state index contributed by atoms with van der Waals surface area (Å²) in [5.41, 5.74) is 6.02. The van der Waals surface area contributed by atoms with Crippen molar-refractivity contribution in [2.45, 2.75) is 43.5 Å². The van der Waals surface area contributed by atoms with Crippen LogP contribution in [-0.4, -0.2) is 18.9 Å². The lowest BCUT2D eigenvalue weighted by Crippen LogP contribution is -2.17. The van der Waals surface area contributed by atoms with Crippen molar-refractivity contribution < 1.29 is 0 Å². The zero-order chi connectivity index (χ0) is 19.8. The van der Waals surface area contributed by atoms with Crippen molar-refractivity contribution in [2.24, 2.45) is 0 Å². The van der Waals surface area contributed by atoms with Crippen molar-refractivity contribution >= 4 is 17.4 Å². The number of fused-ring (bicyclic) bond motifs is 2. The Morgan fingerprint density at radius 3 is 2.69 bits per heavy atom. The molecule has 5 nitrogen and oxygen atoms in total. The first-order valence-electron chi connectivity index (χ1n) is 9.98. The number of benzene rings is 1. The minimum absolute atomic E-state index is 0.0330. The molecule has 4 aromatic rings. The summed E-state index contributed by atoms with van der Waals surface area (Å²) in [6, 6.07) is 17.8. The van der Waals surface area contributed by atoms with Gasteiger partial charge in [-0.1, -0.05) is 36.0 Å². The van der Waals surface area contributed by atoms with Crippen molar-refractivity contribution in [1.29, 1.82) is 0 Å². The molecule has 0 unspecified atom stereocenters. The zero-order valence-corrected chi connectivity index (χ0v) is 17.2. The Bertz CT molecular complexity index is 1240. The maximum atomic E-state index is 12.6. The third-order valence-electron chi connectivity index (χ3n) is 5.40. The highest BCUT2D eigenvalue weighted by Crippen LogP contribution is 2.31. The van der Waals surface area contributed by atoms with Crippen LogP contribution in [0, 0.1) is 6.92 Å². The highest BCUT2D eigenvalue weighted by atomic mass is 32.2. The Morgan fingerprint density at radius 1 is 1.00 bits per heavy atom. The van der Waals surface area contributed by atoms with E-state index in [1.807, 2.05) is 31.2 Å². The van der Waals surface area contributed by atoms with Crippen LogP contribution in [0.15, 0.2) is 64.5 Å². The zero-order valence-electron chi connectivity index (χ0n) is 16.3. The number of aryl methyl sites for hydroxylation is 2. The van der Waals surface area contributed by atoms with Gasteiger partial charge < -0.3 is 0 Å². The van der Waals surface area contributed by atoms with Crippen LogP contribution in [0.25, 0.3) is 11.3 Å². The number of hydrogen-bond acceptors (Lipinski definition) is 4. The number of para-hydroxylation sites is 1. The maximum absolute atomic E-state index is 12.6. The monoisotopic (exact) mass is 402 g/mol. The fourth-order valence-electron chi connectivity index (χ4n) is 4.03. The average Bonchev–Trinajstić information content (AvgIpc) is 3.11. The average molecular weight is 403 g/mol. The van der Waals surface area contributed by atoms with Gasteiger partial charge in [0.1, 0.15) is 5.65 Å². The van der Waals surface area contributed by atoms with E-state index in [0.717, 1.165) is 35.1 Å². The Labute approximate surface area is 173 Å². The van der Waals surface area contributed by atoms with Gasteiger partial charge >= 0.3 is 0 Å². The summed E-state index contributed by atoms with van der Waals surface area (Å²) in [6.07, 6.45) is 4.51. The summed E-state index contributed by atoms with van der Waals surface area (Å²) in [5, 5.41) is 0.981. The van der Waals surface area contributed by atoms with E-state index >= 15 is 0 Å². The number of aromatic nitrogens is 4. The normalized spacial score (nSPS) is 13.6. The molecule has 0 bridgehead atoms. The van der Waals surface area contributed by atoms with Crippen molar-refractivity contribution in [1.82, 2.24) is 18.9 Å². The molecule has 0 radical (unpaired) electrons. The highest BCUT2D eigenvalue weighted by Gasteiger charge is 2.21. The number of imidazole rings is 1. The molecule has 0 atom stereocenters. The Kier molecular flexibility index (Phi) is 4.72. The lowest BCUT2D eigenvalue weighted by atomic mass is 10.0. The Balaban J connectivity index is 1.51. The van der Waals surface area contributed by atoms with Gasteiger partial charge in [0.2, 0.25) is 0 Å². The van der Waals surface area contributed by atoms with Crippen LogP contribution in [-0.2, 0) is 18.6 Å². The van der Waals surface area contributed by atoms with Gasteiger partial charge in [0.05, 0.1) is 11.4 Å². The van der Waals surface area contributed by atoms with Crippen LogP contribution >= 0.6 is 11.8 Å². The van der Waals surface area contributed by atoms with Gasteiger partial charge in [-0.3, -0.25) is 13.8 Å². The van der Waals surface area contributed by atoms with Crippen LogP contribution in [0.5, 0.6) is 0 Å². The van der Waals surface area contributed by atoms with Gasteiger partial charge in [-0.15, -0.1) is 0 Å². The van der Waals surface area contributed by atoms with Gasteiger partial charge in [-0.2, -0.15) is 0 Å². The summed E-state index contributed by atoms with van der Waals surface area (Å²) in [4.78, 5) is 22.2. The number of thioether (sulfide) groups is 1. The SMILES string of the molecule is Cc1cccc2nc(CSc3nc4c(n3-c3ccccc3)CCCC4)cc(=O)n12. The first kappa shape index (κ1) is 18.2. The van der Waals surface area contributed by atoms with Gasteiger partial charge in [0.25, 0.3) is 5.56 Å². The first-order valence-corrected chi connectivity index (χ1v) is 11.0. The molecule has 0 amide bonds. The van der Waals surface area contributed by atoms with Crippen LogP contribution in [0.3, 0.4) is 0 Å². The first-order chi connectivity index (χ1) is 14.2. The molecule has 3 aromatic heterocycles. The number of nitrogens with zero attached hydrogens (tertiary/aromatic N) is 4. The summed E-state index contributed by atoms with van der Waals surface area (Å²) in [7, 11) is 0. The molecule has 29 heavy (non-hydrogen) atoms. The summed E-state index contributed by atoms with van der Waals surface area (Å²) >= 11 is 1.65. The van der Waals surface area contributed by atoms with Crippen LogP contribution in [0.2, 0.25) is 0 Å². The predicted molar refractivity (Wildman–Crippen MR) is 116 cm³/mol. The van der Waals surface area contributed by atoms with Crippen molar-refractivity contribution in [3.63, 3.8) is 0 Å². The Hall–Kier alpha value is -2.86. The molecule has 5 rings (SSSR count). The number of hydrogen-bond donors (Lipinski definition) is 0. The fourth-order valence-corrected chi connectivity index (χ4v) is 4.98. The fraction of sp³-hybridized carbons (Fsp3) is 0.261. The lowest BCUT2D eigenvalue weighted by molar-refractivity contribution is 0.654. The van der Waals surface area contributed by atoms with Crippen molar-refractivity contribution in [2.75, 3.05) is 0 Å². The minimum atomic E-state index is -0.0330. The van der Waals surface area contributed by atoms with Crippen molar-refractivity contribution in [3.8, 4) is 5.69 Å². The van der Waals surface area contributed by atoms with Gasteiger partial charge in [0.15, 0.2) is 5.16 Å². The van der Waals surface area contributed by atoms with Gasteiger partial charge in [-0.25, -0.2) is 9.97 Å². The number of rotatable bonds is 4. The molecule has 0 aliphatic heterocycles. The van der Waals surface area contributed by atoms with E-state index in [-0.39, 0.29) is 5.56 Å². The van der Waals surface area contributed by atoms with E-state index in [1.54, 1.807) is 22.2 Å². The quantitative estimate of drug-likeness (QED) is 0.476. The molecule has 0 spiro atoms. The maximum Gasteiger partial charge on any atom is 0.258 e. The summed E-state index contributed by atoms with van der Waals surface area (Å²) in [6.45, 7) is 1.92. The van der Waals surface area contributed by atoms with Gasteiger partial charge in [0, 0.05) is 28.9 Å². The smallest absolute Gasteiger partial charge is 0.258 e. The summed E-state index contributed by atoms with van der Waals surface area (Å²) < 4.78 is 3.94. The molecule has 1 aliphatic rings. The third kappa shape index (κ3) is 3.38. The molecule has 0 N–H and O–H groups in total. The molecular weight excluding hydrogens is 380 g/mol. The molecule has 0 saturated heterocycles. The molecule has 146 valence electrons. The second kappa shape index (κ2) is 7.52. The molecule has 1 aromatic carbocycles. The molecular formula is C23H22N4OS. The molecule has 1 aliphatic carbocycles. The van der Waals surface area contributed by atoms with E-state index in [2.05, 4.69) is 28.8 Å². The second-order valence-electron chi connectivity index (χ2n) is 7.40. The highest BCUT2D eigenvalue weighted by molar-refractivity contribution is 7.98. The molecule has 3 heterocycles. The molecule has 0 saturated carbocycles. The third-order valence-corrected chi connectivity index (χ3v) is 6.37. The predicted octanol–water partition coefficient (Wildman–Crippen LogP) is 4.36. The largest absolute Gasteiger partial charge is 0.292 e. The van der Waals surface area contributed by atoms with Crippen LogP contribution in [0.4, 0.5) is 0 Å². The van der Waals surface area contributed by atoms with E-state index < -0.39 is 0 Å². The second-order valence-corrected chi connectivity index (χ2v) is 8.34. The summed E-state index contributed by atoms with van der Waals surface area (Å²) in [5.74, 6) is 0.614. The minimum Gasteiger partial charge on any atom is -0.292 e. The Morgan fingerprint density at radius 2 is 1.83 bits per heavy atom. The van der Waals surface area contributed by atoms with E-state index in [9.17, 15) is 4.79 Å². The molecule has 0 fully saturated rings. The lowest BCUT2D eigenvalue weighted by Gasteiger charge is -2.15. The van der Waals surface area contributed by atoms with Crippen LogP contribution in [0.1, 0.15) is 35.6 Å².